The summed E-state index contributed by atoms with van der Waals surface area (Å²) in [7, 11) is 0. The van der Waals surface area contributed by atoms with Crippen molar-refractivity contribution < 1.29 is 14.3 Å². The van der Waals surface area contributed by atoms with Gasteiger partial charge in [-0.3, -0.25) is 4.79 Å². The van der Waals surface area contributed by atoms with Gasteiger partial charge < -0.3 is 14.8 Å². The first-order chi connectivity index (χ1) is 11.5. The van der Waals surface area contributed by atoms with E-state index >= 15 is 0 Å². The average molecular weight is 328 g/mol. The zero-order valence-corrected chi connectivity index (χ0v) is 13.9. The number of nitrogens with zero attached hydrogens (tertiary/aromatic N) is 3. The first-order valence-electron chi connectivity index (χ1n) is 7.82. The number of aryl methyl sites for hydroxylation is 1. The van der Waals surface area contributed by atoms with E-state index < -0.39 is 6.10 Å². The number of hydrogen-bond acceptors (Lipinski definition) is 5. The summed E-state index contributed by atoms with van der Waals surface area (Å²) in [5, 5.41) is 17.8. The minimum atomic E-state index is -0.888. The summed E-state index contributed by atoms with van der Waals surface area (Å²) in [4.78, 5) is 17.0. The van der Waals surface area contributed by atoms with Gasteiger partial charge in [0, 0.05) is 11.7 Å². The molecular weight excluding hydrogens is 308 g/mol. The molecule has 0 aliphatic rings. The summed E-state index contributed by atoms with van der Waals surface area (Å²) in [6, 6.07) is 5.23. The Bertz CT molecular complexity index is 852. The van der Waals surface area contributed by atoms with Crippen molar-refractivity contribution in [3.63, 3.8) is 0 Å². The number of aromatic nitrogens is 3. The van der Waals surface area contributed by atoms with Crippen LogP contribution in [0, 0.1) is 6.92 Å². The Hall–Kier alpha value is -2.67. The maximum atomic E-state index is 12.5. The number of carbonyl (C=O) groups is 1. The molecule has 126 valence electrons. The van der Waals surface area contributed by atoms with Crippen molar-refractivity contribution >= 4 is 16.9 Å². The van der Waals surface area contributed by atoms with Gasteiger partial charge in [0.2, 0.25) is 0 Å². The molecule has 0 aliphatic carbocycles. The number of nitrogens with one attached hydrogen (secondary N) is 1. The number of aliphatic hydroxyl groups excluding tert-OH is 1. The average Bonchev–Trinajstić information content (AvgIpc) is 3.20. The van der Waals surface area contributed by atoms with Gasteiger partial charge in [-0.2, -0.15) is 5.10 Å². The first-order valence-corrected chi connectivity index (χ1v) is 7.82. The van der Waals surface area contributed by atoms with Gasteiger partial charge in [-0.05, 0) is 39.0 Å². The van der Waals surface area contributed by atoms with E-state index in [4.69, 9.17) is 4.42 Å². The molecule has 3 aromatic heterocycles. The van der Waals surface area contributed by atoms with Crippen LogP contribution < -0.4 is 5.32 Å². The molecule has 2 N–H and O–H groups in total. The molecule has 0 radical (unpaired) electrons. The molecular formula is C17H20N4O3. The molecule has 1 unspecified atom stereocenters. The van der Waals surface area contributed by atoms with Crippen LogP contribution in [0.3, 0.4) is 0 Å². The van der Waals surface area contributed by atoms with E-state index in [0.29, 0.717) is 22.4 Å². The number of pyridine rings is 1. The van der Waals surface area contributed by atoms with Gasteiger partial charge in [0.15, 0.2) is 5.65 Å². The minimum absolute atomic E-state index is 0.0630. The van der Waals surface area contributed by atoms with Crippen LogP contribution in [0.25, 0.3) is 11.0 Å². The van der Waals surface area contributed by atoms with E-state index in [1.54, 1.807) is 29.1 Å². The topological polar surface area (TPSA) is 93.2 Å². The fourth-order valence-corrected chi connectivity index (χ4v) is 2.58. The summed E-state index contributed by atoms with van der Waals surface area (Å²) in [5.74, 6) is 0.137. The lowest BCUT2D eigenvalue weighted by Gasteiger charge is -2.11. The molecule has 0 saturated heterocycles. The van der Waals surface area contributed by atoms with Gasteiger partial charge in [0.05, 0.1) is 30.0 Å². The predicted molar refractivity (Wildman–Crippen MR) is 88.7 cm³/mol. The van der Waals surface area contributed by atoms with Crippen LogP contribution >= 0.6 is 0 Å². The molecule has 0 aliphatic heterocycles. The summed E-state index contributed by atoms with van der Waals surface area (Å²) in [6.45, 7) is 5.92. The van der Waals surface area contributed by atoms with Gasteiger partial charge in [0.1, 0.15) is 11.9 Å². The highest BCUT2D eigenvalue weighted by Gasteiger charge is 2.18. The fraction of sp³-hybridized carbons (Fsp3) is 0.353. The standard InChI is InChI=1S/C17H20N4O3/c1-10(2)21-16-13(8-19-21)12(7-11(3)20-16)17(23)18-9-14(22)15-5-4-6-24-15/h4-8,10,14,22H,9H2,1-3H3,(H,18,23). The molecule has 3 heterocycles. The molecule has 24 heavy (non-hydrogen) atoms. The Labute approximate surface area is 139 Å². The lowest BCUT2D eigenvalue weighted by molar-refractivity contribution is 0.0902. The lowest BCUT2D eigenvalue weighted by Crippen LogP contribution is -2.28. The van der Waals surface area contributed by atoms with E-state index in [2.05, 4.69) is 15.4 Å². The second kappa shape index (κ2) is 6.45. The monoisotopic (exact) mass is 328 g/mol. The van der Waals surface area contributed by atoms with Gasteiger partial charge in [-0.1, -0.05) is 0 Å². The highest BCUT2D eigenvalue weighted by Crippen LogP contribution is 2.21. The van der Waals surface area contributed by atoms with Crippen molar-refractivity contribution in [2.24, 2.45) is 0 Å². The summed E-state index contributed by atoms with van der Waals surface area (Å²) in [6.07, 6.45) is 2.25. The summed E-state index contributed by atoms with van der Waals surface area (Å²) >= 11 is 0. The third-order valence-corrected chi connectivity index (χ3v) is 3.76. The normalized spacial score (nSPS) is 12.7. The number of rotatable bonds is 5. The van der Waals surface area contributed by atoms with Gasteiger partial charge in [-0.15, -0.1) is 0 Å². The second-order valence-corrected chi connectivity index (χ2v) is 5.97. The summed E-state index contributed by atoms with van der Waals surface area (Å²) in [5.41, 5.74) is 1.92. The Morgan fingerprint density at radius 1 is 1.46 bits per heavy atom. The zero-order chi connectivity index (χ0) is 17.3. The second-order valence-electron chi connectivity index (χ2n) is 5.97. The van der Waals surface area contributed by atoms with Crippen LogP contribution in [0.2, 0.25) is 0 Å². The number of fused-ring (bicyclic) bond motifs is 1. The molecule has 1 atom stereocenters. The van der Waals surface area contributed by atoms with Crippen molar-refractivity contribution in [1.29, 1.82) is 0 Å². The molecule has 0 bridgehead atoms. The number of carbonyl (C=O) groups excluding carboxylic acids is 1. The molecule has 1 amide bonds. The maximum Gasteiger partial charge on any atom is 0.252 e. The van der Waals surface area contributed by atoms with E-state index in [9.17, 15) is 9.90 Å². The van der Waals surface area contributed by atoms with Crippen LogP contribution in [0.4, 0.5) is 0 Å². The van der Waals surface area contributed by atoms with E-state index in [1.807, 2.05) is 20.8 Å². The Kier molecular flexibility index (Phi) is 4.35. The molecule has 0 saturated carbocycles. The van der Waals surface area contributed by atoms with Crippen molar-refractivity contribution in [3.8, 4) is 0 Å². The van der Waals surface area contributed by atoms with Gasteiger partial charge in [0.25, 0.3) is 5.91 Å². The molecule has 7 heteroatoms. The zero-order valence-electron chi connectivity index (χ0n) is 13.9. The van der Waals surface area contributed by atoms with Crippen molar-refractivity contribution in [1.82, 2.24) is 20.1 Å². The third kappa shape index (κ3) is 3.03. The number of furan rings is 1. The van der Waals surface area contributed by atoms with Crippen LogP contribution in [0.15, 0.2) is 35.1 Å². The maximum absolute atomic E-state index is 12.5. The highest BCUT2D eigenvalue weighted by atomic mass is 16.4. The molecule has 0 fully saturated rings. The van der Waals surface area contributed by atoms with Crippen molar-refractivity contribution in [2.75, 3.05) is 6.54 Å². The molecule has 3 aromatic rings. The van der Waals surface area contributed by atoms with Crippen LogP contribution in [0.5, 0.6) is 0 Å². The Morgan fingerprint density at radius 2 is 2.25 bits per heavy atom. The van der Waals surface area contributed by atoms with Crippen molar-refractivity contribution in [2.45, 2.75) is 32.9 Å². The van der Waals surface area contributed by atoms with Crippen LogP contribution in [0.1, 0.15) is 47.8 Å². The van der Waals surface area contributed by atoms with Crippen molar-refractivity contribution in [3.05, 3.63) is 47.7 Å². The first kappa shape index (κ1) is 16.2. The van der Waals surface area contributed by atoms with E-state index in [1.165, 1.54) is 6.26 Å². The van der Waals surface area contributed by atoms with Gasteiger partial charge in [-0.25, -0.2) is 9.67 Å². The van der Waals surface area contributed by atoms with Gasteiger partial charge >= 0.3 is 0 Å². The molecule has 0 aromatic carbocycles. The SMILES string of the molecule is Cc1cc(C(=O)NCC(O)c2ccco2)c2cnn(C(C)C)c2n1. The summed E-state index contributed by atoms with van der Waals surface area (Å²) < 4.78 is 6.92. The minimum Gasteiger partial charge on any atom is -0.467 e. The molecule has 7 nitrogen and oxygen atoms in total. The predicted octanol–water partition coefficient (Wildman–Crippen LogP) is 2.38. The quantitative estimate of drug-likeness (QED) is 0.750. The smallest absolute Gasteiger partial charge is 0.252 e. The highest BCUT2D eigenvalue weighted by molar-refractivity contribution is 6.05. The van der Waals surface area contributed by atoms with Crippen LogP contribution in [-0.2, 0) is 0 Å². The molecule has 0 spiro atoms. The van der Waals surface area contributed by atoms with Crippen LogP contribution in [-0.4, -0.2) is 32.3 Å². The molecule has 3 rings (SSSR count). The lowest BCUT2D eigenvalue weighted by atomic mass is 10.1. The largest absolute Gasteiger partial charge is 0.467 e. The van der Waals surface area contributed by atoms with E-state index in [0.717, 1.165) is 5.69 Å². The Morgan fingerprint density at radius 3 is 2.92 bits per heavy atom. The number of hydrogen-bond donors (Lipinski definition) is 2. The van der Waals surface area contributed by atoms with E-state index in [-0.39, 0.29) is 18.5 Å². The third-order valence-electron chi connectivity index (χ3n) is 3.76. The Balaban J connectivity index is 1.84. The fourth-order valence-electron chi connectivity index (χ4n) is 2.58. The number of amides is 1. The number of aliphatic hydroxyl groups is 1.